The maximum absolute atomic E-state index is 13.1. The van der Waals surface area contributed by atoms with Crippen LogP contribution < -0.4 is 5.32 Å². The van der Waals surface area contributed by atoms with Gasteiger partial charge in [-0.05, 0) is 62.2 Å². The lowest BCUT2D eigenvalue weighted by Gasteiger charge is -2.26. The van der Waals surface area contributed by atoms with E-state index in [9.17, 15) is 4.79 Å². The number of ether oxygens (including phenoxy) is 1. The minimum absolute atomic E-state index is 0.0352. The summed E-state index contributed by atoms with van der Waals surface area (Å²) in [5.74, 6) is -0.0352. The van der Waals surface area contributed by atoms with Crippen molar-refractivity contribution in [3.05, 3.63) is 76.4 Å². The van der Waals surface area contributed by atoms with Crippen molar-refractivity contribution >= 4 is 17.5 Å². The number of nitrogens with zero attached hydrogens (tertiary/aromatic N) is 2. The van der Waals surface area contributed by atoms with Crippen LogP contribution in [-0.2, 0) is 4.74 Å². The van der Waals surface area contributed by atoms with E-state index < -0.39 is 0 Å². The molecule has 0 saturated carbocycles. The van der Waals surface area contributed by atoms with Crippen molar-refractivity contribution in [1.82, 2.24) is 14.8 Å². The molecule has 0 radical (unpaired) electrons. The van der Waals surface area contributed by atoms with Gasteiger partial charge in [0.05, 0.1) is 24.5 Å². The molecule has 1 fully saturated rings. The number of aromatic nitrogens is 1. The molecule has 1 aliphatic rings. The molecule has 1 saturated heterocycles. The zero-order valence-corrected chi connectivity index (χ0v) is 19.5. The van der Waals surface area contributed by atoms with Crippen molar-refractivity contribution in [3.63, 3.8) is 0 Å². The first-order valence-corrected chi connectivity index (χ1v) is 11.5. The van der Waals surface area contributed by atoms with Crippen LogP contribution in [0.3, 0.4) is 0 Å². The van der Waals surface area contributed by atoms with Crippen LogP contribution in [0.25, 0.3) is 16.9 Å². The summed E-state index contributed by atoms with van der Waals surface area (Å²) in [5, 5.41) is 3.81. The van der Waals surface area contributed by atoms with Crippen LogP contribution in [0.1, 0.15) is 28.0 Å². The summed E-state index contributed by atoms with van der Waals surface area (Å²) in [6, 6.07) is 18.0. The highest BCUT2D eigenvalue weighted by atomic mass is 35.5. The molecule has 0 unspecified atom stereocenters. The summed E-state index contributed by atoms with van der Waals surface area (Å²) in [4.78, 5) is 15.5. The molecular formula is C26H30ClN3O2. The summed E-state index contributed by atoms with van der Waals surface area (Å²) in [5.41, 5.74) is 5.85. The molecule has 2 aromatic carbocycles. The molecule has 5 nitrogen and oxygen atoms in total. The quantitative estimate of drug-likeness (QED) is 0.521. The molecule has 2 heterocycles. The van der Waals surface area contributed by atoms with E-state index in [4.69, 9.17) is 16.3 Å². The normalized spacial score (nSPS) is 14.5. The topological polar surface area (TPSA) is 46.5 Å². The highest BCUT2D eigenvalue weighted by Gasteiger charge is 2.20. The number of hydrogen-bond acceptors (Lipinski definition) is 3. The Hall–Kier alpha value is -2.60. The van der Waals surface area contributed by atoms with Crippen LogP contribution >= 0.6 is 11.6 Å². The molecule has 3 aromatic rings. The molecule has 1 aromatic heterocycles. The van der Waals surface area contributed by atoms with Gasteiger partial charge in [-0.2, -0.15) is 0 Å². The molecule has 6 heteroatoms. The number of halogens is 1. The Labute approximate surface area is 194 Å². The smallest absolute Gasteiger partial charge is 0.253 e. The second-order valence-electron chi connectivity index (χ2n) is 8.22. The lowest BCUT2D eigenvalue weighted by atomic mass is 10.1. The molecular weight excluding hydrogens is 422 g/mol. The van der Waals surface area contributed by atoms with Crippen molar-refractivity contribution in [1.29, 1.82) is 0 Å². The first-order valence-electron chi connectivity index (χ1n) is 11.2. The summed E-state index contributed by atoms with van der Waals surface area (Å²) >= 11 is 6.11. The Balaban J connectivity index is 1.57. The molecule has 4 rings (SSSR count). The summed E-state index contributed by atoms with van der Waals surface area (Å²) in [6.07, 6.45) is 0.924. The molecule has 1 aliphatic heterocycles. The number of rotatable bonds is 7. The van der Waals surface area contributed by atoms with E-state index >= 15 is 0 Å². The van der Waals surface area contributed by atoms with E-state index in [2.05, 4.69) is 33.8 Å². The van der Waals surface area contributed by atoms with E-state index in [0.717, 1.165) is 67.5 Å². The van der Waals surface area contributed by atoms with Crippen LogP contribution in [0.4, 0.5) is 0 Å². The molecule has 0 spiro atoms. The predicted molar refractivity (Wildman–Crippen MR) is 130 cm³/mol. The number of aryl methyl sites for hydroxylation is 1. The standard InChI is InChI=1S/C26H30ClN3O2/c1-19-6-3-4-7-24(19)30-20(2)23(18-25(30)21-8-10-22(27)11-9-21)26(31)28-12-5-13-29-14-16-32-17-15-29/h3-4,6-11,18H,5,12-17H2,1-2H3,(H,28,31). The van der Waals surface area contributed by atoms with Gasteiger partial charge in [-0.25, -0.2) is 0 Å². The van der Waals surface area contributed by atoms with Gasteiger partial charge in [0.15, 0.2) is 0 Å². The summed E-state index contributed by atoms with van der Waals surface area (Å²) in [6.45, 7) is 9.26. The molecule has 32 heavy (non-hydrogen) atoms. The average molecular weight is 452 g/mol. The lowest BCUT2D eigenvalue weighted by molar-refractivity contribution is 0.0374. The van der Waals surface area contributed by atoms with Gasteiger partial charge < -0.3 is 14.6 Å². The first-order chi connectivity index (χ1) is 15.5. The molecule has 168 valence electrons. The molecule has 1 N–H and O–H groups in total. The van der Waals surface area contributed by atoms with Gasteiger partial charge in [-0.3, -0.25) is 9.69 Å². The third kappa shape index (κ3) is 5.07. The minimum Gasteiger partial charge on any atom is -0.379 e. The zero-order valence-electron chi connectivity index (χ0n) is 18.7. The number of nitrogens with one attached hydrogen (secondary N) is 1. The Kier molecular flexibility index (Phi) is 7.30. The molecule has 0 bridgehead atoms. The van der Waals surface area contributed by atoms with E-state index in [-0.39, 0.29) is 5.91 Å². The SMILES string of the molecule is Cc1ccccc1-n1c(-c2ccc(Cl)cc2)cc(C(=O)NCCCN2CCOCC2)c1C. The van der Waals surface area contributed by atoms with Crippen LogP contribution in [0.5, 0.6) is 0 Å². The van der Waals surface area contributed by atoms with Crippen molar-refractivity contribution in [3.8, 4) is 16.9 Å². The second kappa shape index (κ2) is 10.3. The number of morpholine rings is 1. The Bertz CT molecular complexity index is 1070. The fourth-order valence-electron chi connectivity index (χ4n) is 4.22. The maximum Gasteiger partial charge on any atom is 0.253 e. The predicted octanol–water partition coefficient (Wildman–Crippen LogP) is 4.87. The number of hydrogen-bond donors (Lipinski definition) is 1. The lowest BCUT2D eigenvalue weighted by Crippen LogP contribution is -2.38. The van der Waals surface area contributed by atoms with Crippen LogP contribution in [0.2, 0.25) is 5.02 Å². The Morgan fingerprint density at radius 2 is 1.78 bits per heavy atom. The number of benzene rings is 2. The minimum atomic E-state index is -0.0352. The highest BCUT2D eigenvalue weighted by Crippen LogP contribution is 2.31. The number of carbonyl (C=O) groups excluding carboxylic acids is 1. The van der Waals surface area contributed by atoms with Crippen LogP contribution in [0, 0.1) is 13.8 Å². The van der Waals surface area contributed by atoms with Gasteiger partial charge in [0.1, 0.15) is 0 Å². The third-order valence-corrected chi connectivity index (χ3v) is 6.28. The van der Waals surface area contributed by atoms with E-state index in [1.807, 2.05) is 49.4 Å². The van der Waals surface area contributed by atoms with Gasteiger partial charge in [-0.1, -0.05) is 41.9 Å². The molecule has 0 aliphatic carbocycles. The van der Waals surface area contributed by atoms with Crippen molar-refractivity contribution < 1.29 is 9.53 Å². The largest absolute Gasteiger partial charge is 0.379 e. The second-order valence-corrected chi connectivity index (χ2v) is 8.66. The number of para-hydroxylation sites is 1. The van der Waals surface area contributed by atoms with E-state index in [1.54, 1.807) is 0 Å². The van der Waals surface area contributed by atoms with Crippen LogP contribution in [-0.4, -0.2) is 54.8 Å². The van der Waals surface area contributed by atoms with Crippen LogP contribution in [0.15, 0.2) is 54.6 Å². The maximum atomic E-state index is 13.1. The van der Waals surface area contributed by atoms with Gasteiger partial charge >= 0.3 is 0 Å². The van der Waals surface area contributed by atoms with Gasteiger partial charge in [-0.15, -0.1) is 0 Å². The van der Waals surface area contributed by atoms with E-state index in [1.165, 1.54) is 0 Å². The van der Waals surface area contributed by atoms with Gasteiger partial charge in [0.2, 0.25) is 0 Å². The number of amides is 1. The average Bonchev–Trinajstić information content (AvgIpc) is 3.15. The van der Waals surface area contributed by atoms with Gasteiger partial charge in [0, 0.05) is 36.0 Å². The third-order valence-electron chi connectivity index (χ3n) is 6.03. The number of carbonyl (C=O) groups is 1. The molecule has 0 atom stereocenters. The Morgan fingerprint density at radius 3 is 2.50 bits per heavy atom. The molecule has 1 amide bonds. The summed E-state index contributed by atoms with van der Waals surface area (Å²) in [7, 11) is 0. The van der Waals surface area contributed by atoms with E-state index in [0.29, 0.717) is 17.1 Å². The first kappa shape index (κ1) is 22.6. The fraction of sp³-hybridized carbons (Fsp3) is 0.346. The summed E-state index contributed by atoms with van der Waals surface area (Å²) < 4.78 is 7.56. The zero-order chi connectivity index (χ0) is 22.5. The van der Waals surface area contributed by atoms with Crippen molar-refractivity contribution in [2.75, 3.05) is 39.4 Å². The van der Waals surface area contributed by atoms with Gasteiger partial charge in [0.25, 0.3) is 5.91 Å². The highest BCUT2D eigenvalue weighted by molar-refractivity contribution is 6.30. The Morgan fingerprint density at radius 1 is 1.06 bits per heavy atom. The van der Waals surface area contributed by atoms with Crippen molar-refractivity contribution in [2.45, 2.75) is 20.3 Å². The fourth-order valence-corrected chi connectivity index (χ4v) is 4.35. The monoisotopic (exact) mass is 451 g/mol. The van der Waals surface area contributed by atoms with Crippen molar-refractivity contribution in [2.24, 2.45) is 0 Å².